The fraction of sp³-hybridized carbons (Fsp3) is 0.318. The summed E-state index contributed by atoms with van der Waals surface area (Å²) < 4.78 is 26.2. The van der Waals surface area contributed by atoms with Crippen LogP contribution in [-0.4, -0.2) is 61.0 Å². The summed E-state index contributed by atoms with van der Waals surface area (Å²) in [6.07, 6.45) is 0.483. The number of nitrogens with zero attached hydrogens (tertiary/aromatic N) is 2. The van der Waals surface area contributed by atoms with Gasteiger partial charge in [0.25, 0.3) is 15.9 Å². The number of benzene rings is 2. The van der Waals surface area contributed by atoms with Gasteiger partial charge in [-0.2, -0.15) is 0 Å². The first kappa shape index (κ1) is 22.5. The van der Waals surface area contributed by atoms with Gasteiger partial charge in [0.05, 0.1) is 5.56 Å². The first-order valence-corrected chi connectivity index (χ1v) is 11.5. The summed E-state index contributed by atoms with van der Waals surface area (Å²) in [4.78, 5) is 39.4. The highest BCUT2D eigenvalue weighted by Gasteiger charge is 2.42. The maximum Gasteiger partial charge on any atom is 0.269 e. The van der Waals surface area contributed by atoms with Crippen LogP contribution in [0.2, 0.25) is 0 Å². The predicted octanol–water partition coefficient (Wildman–Crippen LogP) is 1.43. The Kier molecular flexibility index (Phi) is 6.74. The molecule has 0 bridgehead atoms. The van der Waals surface area contributed by atoms with Crippen LogP contribution in [0.1, 0.15) is 29.8 Å². The zero-order valence-corrected chi connectivity index (χ0v) is 18.3. The molecule has 2 aromatic rings. The lowest BCUT2D eigenvalue weighted by Gasteiger charge is -2.30. The summed E-state index contributed by atoms with van der Waals surface area (Å²) in [6.45, 7) is 3.30. The quantitative estimate of drug-likeness (QED) is 0.665. The van der Waals surface area contributed by atoms with Crippen molar-refractivity contribution in [1.29, 1.82) is 0 Å². The summed E-state index contributed by atoms with van der Waals surface area (Å²) in [5, 5.41) is 2.68. The van der Waals surface area contributed by atoms with Gasteiger partial charge < -0.3 is 10.2 Å². The number of rotatable bonds is 8. The molecule has 31 heavy (non-hydrogen) atoms. The number of amides is 3. The Hall–Kier alpha value is -3.20. The smallest absolute Gasteiger partial charge is 0.269 e. The summed E-state index contributed by atoms with van der Waals surface area (Å²) in [5.74, 6) is -1.69. The Morgan fingerprint density at radius 1 is 1.06 bits per heavy atom. The normalized spacial score (nSPS) is 15.3. The van der Waals surface area contributed by atoms with Crippen molar-refractivity contribution in [3.63, 3.8) is 0 Å². The molecule has 0 fully saturated rings. The Morgan fingerprint density at radius 3 is 2.35 bits per heavy atom. The van der Waals surface area contributed by atoms with Gasteiger partial charge in [-0.25, -0.2) is 12.7 Å². The minimum Gasteiger partial charge on any atom is -0.355 e. The number of carbonyl (C=O) groups is 3. The van der Waals surface area contributed by atoms with E-state index < -0.39 is 34.4 Å². The fourth-order valence-electron chi connectivity index (χ4n) is 3.49. The second kappa shape index (κ2) is 9.30. The van der Waals surface area contributed by atoms with E-state index in [1.165, 1.54) is 23.1 Å². The summed E-state index contributed by atoms with van der Waals surface area (Å²) in [7, 11) is -4.11. The molecule has 0 saturated carbocycles. The third kappa shape index (κ3) is 4.61. The molecule has 164 valence electrons. The maximum absolute atomic E-state index is 13.1. The topological polar surface area (TPSA) is 104 Å². The van der Waals surface area contributed by atoms with Gasteiger partial charge in [-0.15, -0.1) is 0 Å². The molecule has 1 heterocycles. The number of sulfonamides is 1. The second-order valence-corrected chi connectivity index (χ2v) is 9.04. The van der Waals surface area contributed by atoms with Gasteiger partial charge in [0.1, 0.15) is 17.5 Å². The molecule has 1 N–H and O–H groups in total. The zero-order valence-electron chi connectivity index (χ0n) is 17.4. The molecule has 3 amide bonds. The first-order chi connectivity index (χ1) is 14.8. The van der Waals surface area contributed by atoms with E-state index in [-0.39, 0.29) is 22.9 Å². The molecular formula is C22H25N3O5S. The molecule has 1 aliphatic rings. The van der Waals surface area contributed by atoms with E-state index in [2.05, 4.69) is 5.32 Å². The summed E-state index contributed by atoms with van der Waals surface area (Å²) in [5.41, 5.74) is 1.02. The third-order valence-electron chi connectivity index (χ3n) is 5.19. The SMILES string of the molecule is CCNC(=O)[C@@H](C)N(CCc1ccccc1)C(=O)CN1C(=O)c2ccccc2S1(=O)=O. The molecule has 0 radical (unpaired) electrons. The van der Waals surface area contributed by atoms with Gasteiger partial charge in [0, 0.05) is 13.1 Å². The Balaban J connectivity index is 1.82. The van der Waals surface area contributed by atoms with Gasteiger partial charge >= 0.3 is 0 Å². The Bertz CT molecular complexity index is 1090. The third-order valence-corrected chi connectivity index (χ3v) is 6.98. The Labute approximate surface area is 181 Å². The van der Waals surface area contributed by atoms with Gasteiger partial charge in [0.2, 0.25) is 11.8 Å². The van der Waals surface area contributed by atoms with Crippen molar-refractivity contribution >= 4 is 27.7 Å². The lowest BCUT2D eigenvalue weighted by Crippen LogP contribution is -2.52. The zero-order chi connectivity index (χ0) is 22.6. The molecule has 2 aromatic carbocycles. The van der Waals surface area contributed by atoms with Crippen LogP contribution in [0.25, 0.3) is 0 Å². The van der Waals surface area contributed by atoms with Gasteiger partial charge in [-0.3, -0.25) is 14.4 Å². The van der Waals surface area contributed by atoms with E-state index in [1.807, 2.05) is 30.3 Å². The average Bonchev–Trinajstić information content (AvgIpc) is 2.95. The number of nitrogens with one attached hydrogen (secondary N) is 1. The lowest BCUT2D eigenvalue weighted by atomic mass is 10.1. The molecule has 1 atom stereocenters. The van der Waals surface area contributed by atoms with Gasteiger partial charge in [0.15, 0.2) is 0 Å². The van der Waals surface area contributed by atoms with Crippen molar-refractivity contribution in [3.8, 4) is 0 Å². The average molecular weight is 444 g/mol. The molecule has 0 spiro atoms. The second-order valence-electron chi connectivity index (χ2n) is 7.21. The van der Waals surface area contributed by atoms with Crippen LogP contribution in [0.5, 0.6) is 0 Å². The first-order valence-electron chi connectivity index (χ1n) is 10.0. The number of carbonyl (C=O) groups excluding carboxylic acids is 3. The molecule has 0 saturated heterocycles. The minimum absolute atomic E-state index is 0.0444. The van der Waals surface area contributed by atoms with Crippen molar-refractivity contribution in [1.82, 2.24) is 14.5 Å². The lowest BCUT2D eigenvalue weighted by molar-refractivity contribution is -0.139. The highest BCUT2D eigenvalue weighted by Crippen LogP contribution is 2.29. The highest BCUT2D eigenvalue weighted by molar-refractivity contribution is 7.90. The minimum atomic E-state index is -4.11. The van der Waals surface area contributed by atoms with Gasteiger partial charge in [-0.05, 0) is 38.0 Å². The van der Waals surface area contributed by atoms with Crippen molar-refractivity contribution in [2.75, 3.05) is 19.6 Å². The number of fused-ring (bicyclic) bond motifs is 1. The molecular weight excluding hydrogens is 418 g/mol. The molecule has 3 rings (SSSR count). The standard InChI is InChI=1S/C22H25N3O5S/c1-3-23-21(27)16(2)24(14-13-17-9-5-4-6-10-17)20(26)15-25-22(28)18-11-7-8-12-19(18)31(25,29)30/h4-12,16H,3,13-15H2,1-2H3,(H,23,27)/t16-/m1/s1. The molecule has 9 heteroatoms. The predicted molar refractivity (Wildman–Crippen MR) is 115 cm³/mol. The van der Waals surface area contributed by atoms with Crippen LogP contribution in [-0.2, 0) is 26.0 Å². The van der Waals surface area contributed by atoms with Gasteiger partial charge in [-0.1, -0.05) is 42.5 Å². The molecule has 8 nitrogen and oxygen atoms in total. The monoisotopic (exact) mass is 443 g/mol. The van der Waals surface area contributed by atoms with Crippen molar-refractivity contribution in [3.05, 3.63) is 65.7 Å². The fourth-order valence-corrected chi connectivity index (χ4v) is 5.01. The van der Waals surface area contributed by atoms with Crippen LogP contribution < -0.4 is 5.32 Å². The summed E-state index contributed by atoms with van der Waals surface area (Å²) >= 11 is 0. The summed E-state index contributed by atoms with van der Waals surface area (Å²) in [6, 6.07) is 14.5. The van der Waals surface area contributed by atoms with Crippen molar-refractivity contribution in [2.24, 2.45) is 0 Å². The van der Waals surface area contributed by atoms with Crippen molar-refractivity contribution in [2.45, 2.75) is 31.2 Å². The van der Waals surface area contributed by atoms with E-state index >= 15 is 0 Å². The number of likely N-dealkylation sites (N-methyl/N-ethyl adjacent to an activating group) is 1. The number of hydrogen-bond donors (Lipinski definition) is 1. The van der Waals surface area contributed by atoms with E-state index in [0.29, 0.717) is 17.3 Å². The molecule has 0 unspecified atom stereocenters. The molecule has 0 aliphatic carbocycles. The van der Waals surface area contributed by atoms with E-state index in [9.17, 15) is 22.8 Å². The van der Waals surface area contributed by atoms with Crippen molar-refractivity contribution < 1.29 is 22.8 Å². The van der Waals surface area contributed by atoms with Crippen LogP contribution >= 0.6 is 0 Å². The molecule has 0 aromatic heterocycles. The maximum atomic E-state index is 13.1. The van der Waals surface area contributed by atoms with E-state index in [1.54, 1.807) is 19.9 Å². The number of hydrogen-bond acceptors (Lipinski definition) is 5. The van der Waals surface area contributed by atoms with E-state index in [4.69, 9.17) is 0 Å². The van der Waals surface area contributed by atoms with E-state index in [0.717, 1.165) is 5.56 Å². The van der Waals surface area contributed by atoms with Crippen LogP contribution in [0.3, 0.4) is 0 Å². The highest BCUT2D eigenvalue weighted by atomic mass is 32.2. The molecule has 1 aliphatic heterocycles. The van der Waals surface area contributed by atoms with Crippen LogP contribution in [0, 0.1) is 0 Å². The Morgan fingerprint density at radius 2 is 1.71 bits per heavy atom. The van der Waals surface area contributed by atoms with Crippen LogP contribution in [0.4, 0.5) is 0 Å². The van der Waals surface area contributed by atoms with Crippen LogP contribution in [0.15, 0.2) is 59.5 Å². The largest absolute Gasteiger partial charge is 0.355 e.